The minimum Gasteiger partial charge on any atom is -0.493 e. The van der Waals surface area contributed by atoms with Crippen molar-refractivity contribution < 1.29 is 23.8 Å². The Morgan fingerprint density at radius 1 is 1.19 bits per heavy atom. The van der Waals surface area contributed by atoms with Gasteiger partial charge >= 0.3 is 5.97 Å². The normalized spacial score (nSPS) is 9.76. The average Bonchev–Trinajstić information content (AvgIpc) is 2.49. The molecule has 0 radical (unpaired) electrons. The van der Waals surface area contributed by atoms with E-state index >= 15 is 0 Å². The highest BCUT2D eigenvalue weighted by atomic mass is 19.1. The zero-order valence-corrected chi connectivity index (χ0v) is 11.0. The van der Waals surface area contributed by atoms with E-state index in [0.717, 1.165) is 6.07 Å². The summed E-state index contributed by atoms with van der Waals surface area (Å²) < 4.78 is 24.1. The van der Waals surface area contributed by atoms with Crippen molar-refractivity contribution in [1.82, 2.24) is 0 Å². The quantitative estimate of drug-likeness (QED) is 0.934. The number of aromatic carboxylic acids is 1. The van der Waals surface area contributed by atoms with E-state index in [2.05, 4.69) is 0 Å². The highest BCUT2D eigenvalue weighted by molar-refractivity contribution is 5.88. The standard InChI is InChI=1S/C15H10FNO4/c1-20-14-7-10(15(18)19)3-5-13(14)21-12-4-2-9(8-17)6-11(12)16/h2-7H,1H3,(H,18,19). The van der Waals surface area contributed by atoms with Gasteiger partial charge in [0.1, 0.15) is 0 Å². The number of benzene rings is 2. The predicted molar refractivity (Wildman–Crippen MR) is 71.1 cm³/mol. The number of hydrogen-bond acceptors (Lipinski definition) is 4. The van der Waals surface area contributed by atoms with Gasteiger partial charge in [0.25, 0.3) is 0 Å². The molecule has 0 saturated carbocycles. The van der Waals surface area contributed by atoms with E-state index in [0.29, 0.717) is 0 Å². The lowest BCUT2D eigenvalue weighted by atomic mass is 10.2. The van der Waals surface area contributed by atoms with Gasteiger partial charge in [0.05, 0.1) is 24.3 Å². The third-order valence-electron chi connectivity index (χ3n) is 2.69. The summed E-state index contributed by atoms with van der Waals surface area (Å²) in [6.07, 6.45) is 0. The van der Waals surface area contributed by atoms with E-state index in [1.165, 1.54) is 37.4 Å². The van der Waals surface area contributed by atoms with Crippen molar-refractivity contribution in [3.05, 3.63) is 53.3 Å². The molecule has 1 N–H and O–H groups in total. The fraction of sp³-hybridized carbons (Fsp3) is 0.0667. The second kappa shape index (κ2) is 5.92. The Balaban J connectivity index is 2.35. The first-order valence-corrected chi connectivity index (χ1v) is 5.84. The fourth-order valence-electron chi connectivity index (χ4n) is 1.66. The Hall–Kier alpha value is -3.07. The molecule has 2 rings (SSSR count). The number of nitriles is 1. The van der Waals surface area contributed by atoms with Crippen LogP contribution in [0.4, 0.5) is 4.39 Å². The minimum atomic E-state index is -1.11. The van der Waals surface area contributed by atoms with Crippen LogP contribution >= 0.6 is 0 Å². The van der Waals surface area contributed by atoms with E-state index in [1.807, 2.05) is 6.07 Å². The molecule has 0 aliphatic rings. The fourth-order valence-corrected chi connectivity index (χ4v) is 1.66. The van der Waals surface area contributed by atoms with Gasteiger partial charge in [-0.1, -0.05) is 0 Å². The zero-order valence-electron chi connectivity index (χ0n) is 11.0. The maximum Gasteiger partial charge on any atom is 0.335 e. The van der Waals surface area contributed by atoms with Crippen LogP contribution in [0.25, 0.3) is 0 Å². The summed E-state index contributed by atoms with van der Waals surface area (Å²) in [5.41, 5.74) is 0.201. The second-order valence-corrected chi connectivity index (χ2v) is 4.03. The monoisotopic (exact) mass is 287 g/mol. The molecule has 0 fully saturated rings. The lowest BCUT2D eigenvalue weighted by molar-refractivity contribution is 0.0696. The molecule has 0 aliphatic heterocycles. The molecule has 21 heavy (non-hydrogen) atoms. The molecule has 0 bridgehead atoms. The number of nitrogens with zero attached hydrogens (tertiary/aromatic N) is 1. The van der Waals surface area contributed by atoms with Gasteiger partial charge in [-0.15, -0.1) is 0 Å². The van der Waals surface area contributed by atoms with Crippen LogP contribution in [0.3, 0.4) is 0 Å². The molecule has 0 aromatic heterocycles. The maximum atomic E-state index is 13.8. The summed E-state index contributed by atoms with van der Waals surface area (Å²) >= 11 is 0. The first-order chi connectivity index (χ1) is 10.0. The molecule has 0 unspecified atom stereocenters. The summed E-state index contributed by atoms with van der Waals surface area (Å²) in [7, 11) is 1.35. The van der Waals surface area contributed by atoms with E-state index < -0.39 is 11.8 Å². The molecule has 0 aliphatic carbocycles. The average molecular weight is 287 g/mol. The lowest BCUT2D eigenvalue weighted by Crippen LogP contribution is -1.99. The van der Waals surface area contributed by atoms with E-state index in [1.54, 1.807) is 0 Å². The number of methoxy groups -OCH3 is 1. The van der Waals surface area contributed by atoms with Crippen LogP contribution in [-0.2, 0) is 0 Å². The summed E-state index contributed by atoms with van der Waals surface area (Å²) in [5.74, 6) is -1.55. The zero-order chi connectivity index (χ0) is 15.4. The van der Waals surface area contributed by atoms with Crippen LogP contribution in [0.1, 0.15) is 15.9 Å². The van der Waals surface area contributed by atoms with Gasteiger partial charge in [-0.3, -0.25) is 0 Å². The highest BCUT2D eigenvalue weighted by Gasteiger charge is 2.13. The van der Waals surface area contributed by atoms with Crippen molar-refractivity contribution in [3.63, 3.8) is 0 Å². The van der Waals surface area contributed by atoms with Crippen molar-refractivity contribution in [2.24, 2.45) is 0 Å². The molecular formula is C15H10FNO4. The summed E-state index contributed by atoms with van der Waals surface area (Å²) in [6.45, 7) is 0. The van der Waals surface area contributed by atoms with Gasteiger partial charge in [0.2, 0.25) is 0 Å². The van der Waals surface area contributed by atoms with Gasteiger partial charge in [-0.25, -0.2) is 9.18 Å². The molecule has 0 amide bonds. The van der Waals surface area contributed by atoms with Gasteiger partial charge in [-0.05, 0) is 36.4 Å². The molecule has 2 aromatic rings. The molecule has 0 spiro atoms. The number of carbonyl (C=O) groups is 1. The Morgan fingerprint density at radius 3 is 2.48 bits per heavy atom. The highest BCUT2D eigenvalue weighted by Crippen LogP contribution is 2.33. The van der Waals surface area contributed by atoms with Gasteiger partial charge in [0.15, 0.2) is 23.1 Å². The smallest absolute Gasteiger partial charge is 0.335 e. The molecule has 6 heteroatoms. The van der Waals surface area contributed by atoms with E-state index in [4.69, 9.17) is 19.8 Å². The number of carboxylic acids is 1. The number of carboxylic acid groups (broad SMARTS) is 1. The predicted octanol–water partition coefficient (Wildman–Crippen LogP) is 3.20. The van der Waals surface area contributed by atoms with Gasteiger partial charge in [0, 0.05) is 0 Å². The van der Waals surface area contributed by atoms with Crippen LogP contribution in [0.5, 0.6) is 17.2 Å². The van der Waals surface area contributed by atoms with Crippen LogP contribution < -0.4 is 9.47 Å². The molecule has 2 aromatic carbocycles. The SMILES string of the molecule is COc1cc(C(=O)O)ccc1Oc1ccc(C#N)cc1F. The first kappa shape index (κ1) is 14.3. The molecular weight excluding hydrogens is 277 g/mol. The Kier molecular flexibility index (Phi) is 4.05. The third-order valence-corrected chi connectivity index (χ3v) is 2.69. The summed E-state index contributed by atoms with van der Waals surface area (Å²) in [4.78, 5) is 10.9. The molecule has 0 atom stereocenters. The Morgan fingerprint density at radius 2 is 1.90 bits per heavy atom. The first-order valence-electron chi connectivity index (χ1n) is 5.84. The van der Waals surface area contributed by atoms with Crippen LogP contribution in [0.2, 0.25) is 0 Å². The number of ether oxygens (including phenoxy) is 2. The minimum absolute atomic E-state index is 0.0273. The maximum absolute atomic E-state index is 13.8. The van der Waals surface area contributed by atoms with Crippen LogP contribution in [0, 0.1) is 17.1 Å². The molecule has 0 heterocycles. The Bertz CT molecular complexity index is 737. The number of hydrogen-bond donors (Lipinski definition) is 1. The second-order valence-electron chi connectivity index (χ2n) is 4.03. The van der Waals surface area contributed by atoms with E-state index in [9.17, 15) is 9.18 Å². The molecule has 0 saturated heterocycles. The molecule has 106 valence electrons. The van der Waals surface area contributed by atoms with Crippen molar-refractivity contribution in [2.45, 2.75) is 0 Å². The largest absolute Gasteiger partial charge is 0.493 e. The van der Waals surface area contributed by atoms with Crippen molar-refractivity contribution in [3.8, 4) is 23.3 Å². The summed E-state index contributed by atoms with van der Waals surface area (Å²) in [5, 5.41) is 17.6. The van der Waals surface area contributed by atoms with E-state index in [-0.39, 0.29) is 28.4 Å². The third kappa shape index (κ3) is 3.09. The Labute approximate surface area is 119 Å². The van der Waals surface area contributed by atoms with Crippen molar-refractivity contribution in [2.75, 3.05) is 7.11 Å². The van der Waals surface area contributed by atoms with Crippen molar-refractivity contribution in [1.29, 1.82) is 5.26 Å². The lowest BCUT2D eigenvalue weighted by Gasteiger charge is -2.11. The molecule has 5 nitrogen and oxygen atoms in total. The van der Waals surface area contributed by atoms with Gasteiger partial charge < -0.3 is 14.6 Å². The van der Waals surface area contributed by atoms with Gasteiger partial charge in [-0.2, -0.15) is 5.26 Å². The van der Waals surface area contributed by atoms with Crippen LogP contribution in [-0.4, -0.2) is 18.2 Å². The number of halogens is 1. The number of rotatable bonds is 4. The van der Waals surface area contributed by atoms with Crippen LogP contribution in [0.15, 0.2) is 36.4 Å². The summed E-state index contributed by atoms with van der Waals surface area (Å²) in [6, 6.07) is 9.57. The van der Waals surface area contributed by atoms with Crippen molar-refractivity contribution >= 4 is 5.97 Å². The topological polar surface area (TPSA) is 79.6 Å².